The Hall–Kier alpha value is -1.79. The first-order valence-corrected chi connectivity index (χ1v) is 2.26. The van der Waals surface area contributed by atoms with Crippen LogP contribution in [-0.4, -0.2) is 26.2 Å². The van der Waals surface area contributed by atoms with E-state index in [1.165, 1.54) is 0 Å². The number of nitrogens with zero attached hydrogens (tertiary/aromatic N) is 3. The molecule has 0 unspecified atom stereocenters. The summed E-state index contributed by atoms with van der Waals surface area (Å²) >= 11 is 0. The number of amides is 1. The van der Waals surface area contributed by atoms with E-state index in [9.17, 15) is 14.9 Å². The molecule has 0 saturated heterocycles. The van der Waals surface area contributed by atoms with Gasteiger partial charge < -0.3 is 0 Å². The predicted molar refractivity (Wildman–Crippen MR) is 27.7 cm³/mol. The Balaban J connectivity index is 2.88. The number of nitro groups is 1. The first-order chi connectivity index (χ1) is 4.72. The molecule has 1 N–H and O–H groups in total. The lowest BCUT2D eigenvalue weighted by Gasteiger charge is -1.79. The van der Waals surface area contributed by atoms with E-state index in [-0.39, 0.29) is 5.69 Å². The number of aromatic amines is 1. The molecular formula is C3H2N4O3. The quantitative estimate of drug-likeness (QED) is 0.409. The van der Waals surface area contributed by atoms with Crippen LogP contribution >= 0.6 is 0 Å². The third-order valence-electron chi connectivity index (χ3n) is 0.800. The Morgan fingerprint density at radius 2 is 2.50 bits per heavy atom. The van der Waals surface area contributed by atoms with Gasteiger partial charge in [0.2, 0.25) is 5.69 Å². The van der Waals surface area contributed by atoms with Gasteiger partial charge in [-0.05, 0) is 0 Å². The van der Waals surface area contributed by atoms with E-state index in [1.807, 2.05) is 5.21 Å². The molecule has 0 aliphatic heterocycles. The maximum absolute atomic E-state index is 10.4. The van der Waals surface area contributed by atoms with Gasteiger partial charge in [0, 0.05) is 0 Å². The fourth-order valence-electron chi connectivity index (χ4n) is 0.398. The van der Waals surface area contributed by atoms with Gasteiger partial charge >= 0.3 is 5.91 Å². The van der Waals surface area contributed by atoms with Crippen molar-refractivity contribution in [1.29, 1.82) is 0 Å². The van der Waals surface area contributed by atoms with Crippen LogP contribution in [0.3, 0.4) is 0 Å². The van der Waals surface area contributed by atoms with Gasteiger partial charge in [0.05, 0.1) is 6.20 Å². The Labute approximate surface area is 54.2 Å². The molecule has 52 valence electrons. The first kappa shape index (κ1) is 6.33. The van der Waals surface area contributed by atoms with Crippen molar-refractivity contribution in [2.45, 2.75) is 0 Å². The third kappa shape index (κ3) is 0.966. The van der Waals surface area contributed by atoms with Crippen LogP contribution < -0.4 is 0 Å². The molecule has 0 aromatic carbocycles. The van der Waals surface area contributed by atoms with Crippen molar-refractivity contribution in [3.05, 3.63) is 22.0 Å². The van der Waals surface area contributed by atoms with Crippen molar-refractivity contribution >= 4 is 5.91 Å². The molecule has 1 heterocycles. The largest absolute Gasteiger partial charge is 0.498 e. The van der Waals surface area contributed by atoms with Crippen LogP contribution in [0.5, 0.6) is 0 Å². The highest BCUT2D eigenvalue weighted by molar-refractivity contribution is 5.84. The number of aromatic nitrogens is 3. The Morgan fingerprint density at radius 3 is 2.90 bits per heavy atom. The maximum atomic E-state index is 10.4. The Morgan fingerprint density at radius 1 is 1.80 bits per heavy atom. The lowest BCUT2D eigenvalue weighted by Crippen LogP contribution is -2.11. The molecular weight excluding hydrogens is 140 g/mol. The molecule has 0 fully saturated rings. The highest BCUT2D eigenvalue weighted by Crippen LogP contribution is 1.90. The van der Waals surface area contributed by atoms with Gasteiger partial charge in [-0.3, -0.25) is 10.1 Å². The summed E-state index contributed by atoms with van der Waals surface area (Å²) in [5, 5.41) is 18.3. The number of H-pyrrole nitrogens is 1. The fourth-order valence-corrected chi connectivity index (χ4v) is 0.398. The second-order valence-electron chi connectivity index (χ2n) is 1.42. The number of carbonyl (C=O) groups is 1. The first-order valence-electron chi connectivity index (χ1n) is 2.26. The fraction of sp³-hybridized carbons (Fsp3) is 0. The van der Waals surface area contributed by atoms with Gasteiger partial charge in [0.15, 0.2) is 0 Å². The van der Waals surface area contributed by atoms with Crippen molar-refractivity contribution in [3.8, 4) is 0 Å². The molecule has 0 radical (unpaired) electrons. The third-order valence-corrected chi connectivity index (χ3v) is 0.800. The zero-order valence-electron chi connectivity index (χ0n) is 4.64. The van der Waals surface area contributed by atoms with Crippen LogP contribution in [-0.2, 0) is 0 Å². The second-order valence-corrected chi connectivity index (χ2v) is 1.42. The summed E-state index contributed by atoms with van der Waals surface area (Å²) in [4.78, 5) is 19.1. The van der Waals surface area contributed by atoms with Crippen LogP contribution in [0, 0.1) is 10.1 Å². The number of hydrogen-bond acceptors (Lipinski definition) is 5. The summed E-state index contributed by atoms with van der Waals surface area (Å²) in [5.41, 5.74) is -0.287. The average molecular weight is 142 g/mol. The molecule has 1 rings (SSSR count). The van der Waals surface area contributed by atoms with E-state index in [0.717, 1.165) is 6.20 Å². The number of hydrogen-bond donors (Lipinski definition) is 1. The summed E-state index contributed by atoms with van der Waals surface area (Å²) in [6.45, 7) is 0. The van der Waals surface area contributed by atoms with Gasteiger partial charge in [0.25, 0.3) is 0 Å². The summed E-state index contributed by atoms with van der Waals surface area (Å²) in [5.74, 6) is -1.26. The second kappa shape index (κ2) is 2.21. The summed E-state index contributed by atoms with van der Waals surface area (Å²) in [6, 6.07) is 0. The minimum Gasteiger partial charge on any atom is -0.255 e. The summed E-state index contributed by atoms with van der Waals surface area (Å²) in [7, 11) is 0. The molecule has 0 bridgehead atoms. The van der Waals surface area contributed by atoms with E-state index in [4.69, 9.17) is 0 Å². The van der Waals surface area contributed by atoms with Gasteiger partial charge in [-0.1, -0.05) is 0 Å². The molecule has 1 amide bonds. The Kier molecular flexibility index (Phi) is 1.40. The highest BCUT2D eigenvalue weighted by atomic mass is 16.6. The van der Waals surface area contributed by atoms with Crippen molar-refractivity contribution in [1.82, 2.24) is 15.4 Å². The Bertz CT molecular complexity index is 253. The van der Waals surface area contributed by atoms with E-state index in [0.29, 0.717) is 0 Å². The zero-order chi connectivity index (χ0) is 7.56. The van der Waals surface area contributed by atoms with E-state index >= 15 is 0 Å². The molecule has 0 aliphatic rings. The van der Waals surface area contributed by atoms with Gasteiger partial charge in [-0.15, -0.1) is 5.10 Å². The van der Waals surface area contributed by atoms with Gasteiger partial charge in [-0.25, -0.2) is 4.79 Å². The topological polar surface area (TPSA) is 102 Å². The van der Waals surface area contributed by atoms with E-state index in [2.05, 4.69) is 10.2 Å². The molecule has 1 aromatic heterocycles. The van der Waals surface area contributed by atoms with Crippen molar-refractivity contribution in [3.63, 3.8) is 0 Å². The molecule has 0 atom stereocenters. The molecule has 10 heavy (non-hydrogen) atoms. The predicted octanol–water partition coefficient (Wildman–Crippen LogP) is -0.778. The number of rotatable bonds is 1. The van der Waals surface area contributed by atoms with E-state index < -0.39 is 10.8 Å². The average Bonchev–Trinajstić information content (AvgIpc) is 2.36. The van der Waals surface area contributed by atoms with Crippen molar-refractivity contribution in [2.24, 2.45) is 0 Å². The highest BCUT2D eigenvalue weighted by Gasteiger charge is 2.20. The molecule has 0 aliphatic carbocycles. The standard InChI is InChI=1S/C3H2N4O3/c8-3(7(9)10)2-1-4-6-5-2/h1H,(H,4,5,6). The summed E-state index contributed by atoms with van der Waals surface area (Å²) < 4.78 is 0. The lowest BCUT2D eigenvalue weighted by molar-refractivity contribution is -0.375. The van der Waals surface area contributed by atoms with Crippen molar-refractivity contribution < 1.29 is 9.72 Å². The van der Waals surface area contributed by atoms with Crippen LogP contribution in [0.4, 0.5) is 0 Å². The van der Waals surface area contributed by atoms with Gasteiger partial charge in [0.1, 0.15) is 4.92 Å². The zero-order valence-corrected chi connectivity index (χ0v) is 4.64. The lowest BCUT2D eigenvalue weighted by atomic mass is 10.5. The summed E-state index contributed by atoms with van der Waals surface area (Å²) in [6.07, 6.45) is 0.991. The molecule has 0 saturated carbocycles. The number of carbonyl (C=O) groups excluding carboxylic acids is 1. The SMILES string of the molecule is O=C(c1cn[nH]n1)[N+](=O)[O-]. The van der Waals surface area contributed by atoms with Crippen LogP contribution in [0.1, 0.15) is 10.5 Å². The minimum atomic E-state index is -1.26. The molecule has 0 spiro atoms. The normalized spacial score (nSPS) is 9.20. The molecule has 7 heteroatoms. The van der Waals surface area contributed by atoms with Crippen molar-refractivity contribution in [2.75, 3.05) is 0 Å². The maximum Gasteiger partial charge on any atom is 0.498 e. The minimum absolute atomic E-state index is 0.287. The number of nitrogens with one attached hydrogen (secondary N) is 1. The monoisotopic (exact) mass is 142 g/mol. The molecule has 7 nitrogen and oxygen atoms in total. The molecule has 1 aromatic rings. The van der Waals surface area contributed by atoms with Crippen LogP contribution in [0.25, 0.3) is 0 Å². The smallest absolute Gasteiger partial charge is 0.255 e. The van der Waals surface area contributed by atoms with Crippen LogP contribution in [0.15, 0.2) is 6.20 Å². The van der Waals surface area contributed by atoms with Gasteiger partial charge in [-0.2, -0.15) is 10.3 Å². The van der Waals surface area contributed by atoms with Crippen LogP contribution in [0.2, 0.25) is 0 Å². The van der Waals surface area contributed by atoms with E-state index in [1.54, 1.807) is 0 Å².